The SMILES string of the molecule is CCNC(=NCC(=O)N(C)CCc1ccccn1)NCC(C)(O)c1ccccc1. The summed E-state index contributed by atoms with van der Waals surface area (Å²) in [5.41, 5.74) is 0.712. The van der Waals surface area contributed by atoms with Gasteiger partial charge in [-0.2, -0.15) is 0 Å². The van der Waals surface area contributed by atoms with Crippen LogP contribution in [-0.2, 0) is 16.8 Å². The molecule has 0 radical (unpaired) electrons. The molecule has 0 aliphatic heterocycles. The fraction of sp³-hybridized carbons (Fsp3) is 0.409. The Hall–Kier alpha value is -2.93. The van der Waals surface area contributed by atoms with Crippen LogP contribution in [-0.4, -0.2) is 60.1 Å². The number of likely N-dealkylation sites (N-methyl/N-ethyl adjacent to an activating group) is 1. The number of aliphatic hydroxyl groups is 1. The Labute approximate surface area is 172 Å². The maximum absolute atomic E-state index is 12.4. The van der Waals surface area contributed by atoms with Gasteiger partial charge in [0, 0.05) is 38.4 Å². The molecular formula is C22H31N5O2. The summed E-state index contributed by atoms with van der Waals surface area (Å²) in [5, 5.41) is 16.9. The molecule has 1 aromatic heterocycles. The summed E-state index contributed by atoms with van der Waals surface area (Å²) in [6.45, 7) is 5.23. The first-order valence-corrected chi connectivity index (χ1v) is 9.86. The summed E-state index contributed by atoms with van der Waals surface area (Å²) in [6, 6.07) is 15.2. The minimum atomic E-state index is -1.05. The van der Waals surface area contributed by atoms with Gasteiger partial charge in [-0.25, -0.2) is 4.99 Å². The normalized spacial score (nSPS) is 13.4. The van der Waals surface area contributed by atoms with Gasteiger partial charge in [0.15, 0.2) is 5.96 Å². The van der Waals surface area contributed by atoms with Gasteiger partial charge in [0.05, 0.1) is 6.54 Å². The Morgan fingerprint density at radius 2 is 1.90 bits per heavy atom. The van der Waals surface area contributed by atoms with Crippen LogP contribution in [0.3, 0.4) is 0 Å². The second kappa shape index (κ2) is 11.2. The van der Waals surface area contributed by atoms with Crippen LogP contribution in [0.1, 0.15) is 25.1 Å². The fourth-order valence-corrected chi connectivity index (χ4v) is 2.72. The molecule has 0 fully saturated rings. The number of carbonyl (C=O) groups excluding carboxylic acids is 1. The van der Waals surface area contributed by atoms with E-state index in [9.17, 15) is 9.90 Å². The predicted octanol–water partition coefficient (Wildman–Crippen LogP) is 1.55. The molecule has 1 atom stereocenters. The molecule has 156 valence electrons. The van der Waals surface area contributed by atoms with Gasteiger partial charge >= 0.3 is 0 Å². The molecule has 3 N–H and O–H groups in total. The standard InChI is InChI=1S/C22H31N5O2/c1-4-23-21(26-17-22(2,29)18-10-6-5-7-11-18)25-16-20(28)27(3)15-13-19-12-8-9-14-24-19/h5-12,14,29H,4,13,15-17H2,1-3H3,(H2,23,25,26). The zero-order chi connectivity index (χ0) is 21.1. The van der Waals surface area contributed by atoms with Crippen molar-refractivity contribution in [3.05, 3.63) is 66.0 Å². The smallest absolute Gasteiger partial charge is 0.244 e. The van der Waals surface area contributed by atoms with Gasteiger partial charge in [-0.3, -0.25) is 9.78 Å². The Kier molecular flexibility index (Phi) is 8.61. The first kappa shape index (κ1) is 22.4. The highest BCUT2D eigenvalue weighted by molar-refractivity contribution is 5.84. The lowest BCUT2D eigenvalue weighted by Gasteiger charge is -2.25. The van der Waals surface area contributed by atoms with Gasteiger partial charge in [-0.05, 0) is 31.5 Å². The third-order valence-electron chi connectivity index (χ3n) is 4.57. The van der Waals surface area contributed by atoms with Crippen molar-refractivity contribution in [1.82, 2.24) is 20.5 Å². The average Bonchev–Trinajstić information content (AvgIpc) is 2.75. The van der Waals surface area contributed by atoms with Crippen LogP contribution in [0.4, 0.5) is 0 Å². The van der Waals surface area contributed by atoms with Gasteiger partial charge in [0.1, 0.15) is 12.1 Å². The van der Waals surface area contributed by atoms with Crippen molar-refractivity contribution in [2.45, 2.75) is 25.9 Å². The summed E-state index contributed by atoms with van der Waals surface area (Å²) in [7, 11) is 1.77. The molecule has 0 aliphatic rings. The van der Waals surface area contributed by atoms with Crippen molar-refractivity contribution < 1.29 is 9.90 Å². The molecule has 0 saturated heterocycles. The number of nitrogens with one attached hydrogen (secondary N) is 2. The highest BCUT2D eigenvalue weighted by atomic mass is 16.3. The molecule has 0 aliphatic carbocycles. The van der Waals surface area contributed by atoms with Gasteiger partial charge in [0.2, 0.25) is 5.91 Å². The first-order chi connectivity index (χ1) is 13.9. The fourth-order valence-electron chi connectivity index (χ4n) is 2.72. The largest absolute Gasteiger partial charge is 0.384 e. The molecule has 0 bridgehead atoms. The van der Waals surface area contributed by atoms with Crippen LogP contribution in [0.5, 0.6) is 0 Å². The van der Waals surface area contributed by atoms with Gasteiger partial charge in [-0.15, -0.1) is 0 Å². The number of pyridine rings is 1. The number of carbonyl (C=O) groups is 1. The third-order valence-corrected chi connectivity index (χ3v) is 4.57. The summed E-state index contributed by atoms with van der Waals surface area (Å²) in [4.78, 5) is 22.7. The molecule has 0 saturated carbocycles. The van der Waals surface area contributed by atoms with Gasteiger partial charge in [-0.1, -0.05) is 36.4 Å². The Morgan fingerprint density at radius 1 is 1.17 bits per heavy atom. The van der Waals surface area contributed by atoms with Crippen LogP contribution >= 0.6 is 0 Å². The van der Waals surface area contributed by atoms with Crippen molar-refractivity contribution in [1.29, 1.82) is 0 Å². The quantitative estimate of drug-likeness (QED) is 0.441. The number of guanidine groups is 1. The molecular weight excluding hydrogens is 366 g/mol. The number of amides is 1. The Balaban J connectivity index is 1.87. The van der Waals surface area contributed by atoms with Crippen molar-refractivity contribution in [2.24, 2.45) is 4.99 Å². The lowest BCUT2D eigenvalue weighted by atomic mass is 9.96. The van der Waals surface area contributed by atoms with E-state index >= 15 is 0 Å². The van der Waals surface area contributed by atoms with Gasteiger partial charge in [0.25, 0.3) is 0 Å². The van der Waals surface area contributed by atoms with Gasteiger partial charge < -0.3 is 20.6 Å². The lowest BCUT2D eigenvalue weighted by Crippen LogP contribution is -2.45. The molecule has 1 unspecified atom stereocenters. The number of aromatic nitrogens is 1. The van der Waals surface area contributed by atoms with E-state index in [0.29, 0.717) is 25.5 Å². The lowest BCUT2D eigenvalue weighted by molar-refractivity contribution is -0.128. The highest BCUT2D eigenvalue weighted by Gasteiger charge is 2.23. The summed E-state index contributed by atoms with van der Waals surface area (Å²) in [6.07, 6.45) is 2.45. The van der Waals surface area contributed by atoms with Crippen LogP contribution in [0.15, 0.2) is 59.7 Å². The van der Waals surface area contributed by atoms with Crippen LogP contribution in [0.2, 0.25) is 0 Å². The second-order valence-electron chi connectivity index (χ2n) is 7.07. The molecule has 7 nitrogen and oxygen atoms in total. The molecule has 2 aromatic rings. The molecule has 1 aromatic carbocycles. The van der Waals surface area contributed by atoms with E-state index in [1.54, 1.807) is 25.1 Å². The molecule has 0 spiro atoms. The number of nitrogens with zero attached hydrogens (tertiary/aromatic N) is 3. The number of benzene rings is 1. The van der Waals surface area contributed by atoms with E-state index in [2.05, 4.69) is 20.6 Å². The number of hydrogen-bond acceptors (Lipinski definition) is 4. The van der Waals surface area contributed by atoms with E-state index in [4.69, 9.17) is 0 Å². The zero-order valence-electron chi connectivity index (χ0n) is 17.4. The molecule has 1 heterocycles. The van der Waals surface area contributed by atoms with E-state index in [1.165, 1.54) is 0 Å². The highest BCUT2D eigenvalue weighted by Crippen LogP contribution is 2.18. The van der Waals surface area contributed by atoms with E-state index in [1.807, 2.05) is 55.5 Å². The Bertz CT molecular complexity index is 778. The maximum Gasteiger partial charge on any atom is 0.244 e. The average molecular weight is 398 g/mol. The minimum Gasteiger partial charge on any atom is -0.384 e. The van der Waals surface area contributed by atoms with Crippen LogP contribution in [0, 0.1) is 0 Å². The summed E-state index contributed by atoms with van der Waals surface area (Å²) in [5.74, 6) is 0.420. The molecule has 2 rings (SSSR count). The van der Waals surface area contributed by atoms with Crippen molar-refractivity contribution in [3.63, 3.8) is 0 Å². The summed E-state index contributed by atoms with van der Waals surface area (Å²) < 4.78 is 0. The van der Waals surface area contributed by atoms with E-state index in [0.717, 1.165) is 11.3 Å². The zero-order valence-corrected chi connectivity index (χ0v) is 17.4. The van der Waals surface area contributed by atoms with Crippen LogP contribution < -0.4 is 10.6 Å². The second-order valence-corrected chi connectivity index (χ2v) is 7.07. The first-order valence-electron chi connectivity index (χ1n) is 9.86. The third kappa shape index (κ3) is 7.54. The van der Waals surface area contributed by atoms with Crippen molar-refractivity contribution in [3.8, 4) is 0 Å². The minimum absolute atomic E-state index is 0.0293. The number of aliphatic imine (C=N–C) groups is 1. The van der Waals surface area contributed by atoms with Crippen LogP contribution in [0.25, 0.3) is 0 Å². The monoisotopic (exact) mass is 397 g/mol. The van der Waals surface area contributed by atoms with Crippen molar-refractivity contribution >= 4 is 11.9 Å². The Morgan fingerprint density at radius 3 is 2.55 bits per heavy atom. The predicted molar refractivity (Wildman–Crippen MR) is 116 cm³/mol. The van der Waals surface area contributed by atoms with E-state index < -0.39 is 5.60 Å². The van der Waals surface area contributed by atoms with E-state index in [-0.39, 0.29) is 19.0 Å². The topological polar surface area (TPSA) is 89.9 Å². The molecule has 7 heteroatoms. The number of rotatable bonds is 9. The molecule has 1 amide bonds. The summed E-state index contributed by atoms with van der Waals surface area (Å²) >= 11 is 0. The molecule has 29 heavy (non-hydrogen) atoms. The maximum atomic E-state index is 12.4. The van der Waals surface area contributed by atoms with Crippen molar-refractivity contribution in [2.75, 3.05) is 33.2 Å². The number of hydrogen-bond donors (Lipinski definition) is 3.